The third-order valence-corrected chi connectivity index (χ3v) is 6.56. The van der Waals surface area contributed by atoms with Crippen LogP contribution in [0.4, 0.5) is 0 Å². The highest BCUT2D eigenvalue weighted by Gasteiger charge is 2.60. The van der Waals surface area contributed by atoms with Crippen molar-refractivity contribution in [3.63, 3.8) is 0 Å². The molecule has 114 valence electrons. The molecule has 0 heteroatoms. The Morgan fingerprint density at radius 3 is 1.23 bits per heavy atom. The van der Waals surface area contributed by atoms with Gasteiger partial charge in [-0.3, -0.25) is 0 Å². The molecule has 0 aliphatic heterocycles. The van der Waals surface area contributed by atoms with Gasteiger partial charge in [0.2, 0.25) is 0 Å². The second-order valence-corrected chi connectivity index (χ2v) is 7.60. The van der Waals surface area contributed by atoms with Crippen LogP contribution in [0.3, 0.4) is 0 Å². The predicted molar refractivity (Wildman–Crippen MR) is 93.4 cm³/mol. The Labute approximate surface area is 134 Å². The number of aryl methyl sites for hydroxylation is 2. The lowest BCUT2D eigenvalue weighted by Crippen LogP contribution is -2.59. The van der Waals surface area contributed by atoms with Crippen molar-refractivity contribution in [1.29, 1.82) is 0 Å². The molecule has 4 rings (SSSR count). The maximum atomic E-state index is 2.41. The van der Waals surface area contributed by atoms with Crippen LogP contribution in [0.2, 0.25) is 0 Å². The molecule has 0 N–H and O–H groups in total. The van der Waals surface area contributed by atoms with Gasteiger partial charge in [-0.25, -0.2) is 0 Å². The highest BCUT2D eigenvalue weighted by molar-refractivity contribution is 5.45. The zero-order valence-electron chi connectivity index (χ0n) is 13.9. The van der Waals surface area contributed by atoms with Gasteiger partial charge in [0, 0.05) is 10.8 Å². The first-order chi connectivity index (χ1) is 10.7. The SMILES string of the molecule is Cc1ccc([C@@]23CCCC[C@@]2(c2ccc(C)cc2)CC3)cc1. The van der Waals surface area contributed by atoms with E-state index in [1.165, 1.54) is 49.7 Å². The minimum Gasteiger partial charge on any atom is -0.0590 e. The van der Waals surface area contributed by atoms with Gasteiger partial charge in [-0.2, -0.15) is 0 Å². The fraction of sp³-hybridized carbons (Fsp3) is 0.455. The number of benzene rings is 2. The third kappa shape index (κ3) is 1.82. The third-order valence-electron chi connectivity index (χ3n) is 6.56. The molecule has 2 aromatic carbocycles. The molecule has 0 aromatic heterocycles. The maximum absolute atomic E-state index is 2.41. The first-order valence-corrected chi connectivity index (χ1v) is 8.81. The molecule has 0 radical (unpaired) electrons. The van der Waals surface area contributed by atoms with Crippen LogP contribution < -0.4 is 0 Å². The molecule has 22 heavy (non-hydrogen) atoms. The lowest BCUT2D eigenvalue weighted by Gasteiger charge is -2.63. The monoisotopic (exact) mass is 290 g/mol. The number of hydrogen-bond donors (Lipinski definition) is 0. The first kappa shape index (κ1) is 14.1. The molecular weight excluding hydrogens is 264 g/mol. The van der Waals surface area contributed by atoms with Gasteiger partial charge in [0.15, 0.2) is 0 Å². The summed E-state index contributed by atoms with van der Waals surface area (Å²) < 4.78 is 0. The van der Waals surface area contributed by atoms with Crippen molar-refractivity contribution in [2.75, 3.05) is 0 Å². The summed E-state index contributed by atoms with van der Waals surface area (Å²) in [5.74, 6) is 0. The Hall–Kier alpha value is -1.56. The zero-order chi connectivity index (χ0) is 15.2. The van der Waals surface area contributed by atoms with Crippen molar-refractivity contribution in [2.45, 2.75) is 63.2 Å². The number of hydrogen-bond acceptors (Lipinski definition) is 0. The first-order valence-electron chi connectivity index (χ1n) is 8.81. The second kappa shape index (κ2) is 4.98. The Bertz CT molecular complexity index is 603. The van der Waals surface area contributed by atoms with E-state index in [1.54, 1.807) is 11.1 Å². The summed E-state index contributed by atoms with van der Waals surface area (Å²) in [6, 6.07) is 18.8. The van der Waals surface area contributed by atoms with Gasteiger partial charge in [-0.05, 0) is 50.7 Å². The summed E-state index contributed by atoms with van der Waals surface area (Å²) in [5.41, 5.74) is 6.71. The van der Waals surface area contributed by atoms with E-state index in [-0.39, 0.29) is 0 Å². The summed E-state index contributed by atoms with van der Waals surface area (Å²) in [6.45, 7) is 4.38. The molecule has 0 unspecified atom stereocenters. The Balaban J connectivity index is 1.82. The number of fused-ring (bicyclic) bond motifs is 1. The van der Waals surface area contributed by atoms with Crippen LogP contribution in [0.25, 0.3) is 0 Å². The van der Waals surface area contributed by atoms with E-state index in [2.05, 4.69) is 62.4 Å². The fourth-order valence-electron chi connectivity index (χ4n) is 5.19. The molecule has 0 nitrogen and oxygen atoms in total. The molecule has 2 atom stereocenters. The largest absolute Gasteiger partial charge is 0.0590 e. The summed E-state index contributed by atoms with van der Waals surface area (Å²) in [6.07, 6.45) is 8.24. The maximum Gasteiger partial charge on any atom is 0.00501 e. The van der Waals surface area contributed by atoms with Crippen molar-refractivity contribution < 1.29 is 0 Å². The average molecular weight is 290 g/mol. The summed E-state index contributed by atoms with van der Waals surface area (Å²) in [4.78, 5) is 0. The summed E-state index contributed by atoms with van der Waals surface area (Å²) >= 11 is 0. The molecule has 2 fully saturated rings. The van der Waals surface area contributed by atoms with Gasteiger partial charge in [0.25, 0.3) is 0 Å². The lowest BCUT2D eigenvalue weighted by molar-refractivity contribution is 0.0225. The molecule has 2 saturated carbocycles. The van der Waals surface area contributed by atoms with E-state index in [0.29, 0.717) is 10.8 Å². The van der Waals surface area contributed by atoms with Crippen LogP contribution in [0.5, 0.6) is 0 Å². The normalized spacial score (nSPS) is 30.5. The van der Waals surface area contributed by atoms with Gasteiger partial charge in [-0.15, -0.1) is 0 Å². The van der Waals surface area contributed by atoms with Crippen LogP contribution >= 0.6 is 0 Å². The van der Waals surface area contributed by atoms with Gasteiger partial charge < -0.3 is 0 Å². The standard InChI is InChI=1S/C22H26/c1-17-5-9-19(10-6-17)21-13-3-4-14-22(21,16-15-21)20-11-7-18(2)8-12-20/h5-12H,3-4,13-16H2,1-2H3/t21-,22-/m0/s1. The highest BCUT2D eigenvalue weighted by Crippen LogP contribution is 2.65. The molecular formula is C22H26. The van der Waals surface area contributed by atoms with Crippen molar-refractivity contribution in [2.24, 2.45) is 0 Å². The molecule has 0 amide bonds. The van der Waals surface area contributed by atoms with Gasteiger partial charge in [0.1, 0.15) is 0 Å². The lowest BCUT2D eigenvalue weighted by atomic mass is 9.40. The van der Waals surface area contributed by atoms with E-state index in [1.807, 2.05) is 0 Å². The Kier molecular flexibility index (Phi) is 3.18. The smallest absolute Gasteiger partial charge is 0.00501 e. The van der Waals surface area contributed by atoms with E-state index < -0.39 is 0 Å². The van der Waals surface area contributed by atoms with Gasteiger partial charge in [0.05, 0.1) is 0 Å². The molecule has 0 saturated heterocycles. The average Bonchev–Trinajstić information content (AvgIpc) is 2.51. The van der Waals surface area contributed by atoms with Crippen molar-refractivity contribution >= 4 is 0 Å². The van der Waals surface area contributed by atoms with Crippen LogP contribution in [0, 0.1) is 13.8 Å². The fourth-order valence-corrected chi connectivity index (χ4v) is 5.19. The van der Waals surface area contributed by atoms with Crippen LogP contribution in [0.15, 0.2) is 48.5 Å². The topological polar surface area (TPSA) is 0 Å². The summed E-state index contributed by atoms with van der Waals surface area (Å²) in [7, 11) is 0. The van der Waals surface area contributed by atoms with Crippen LogP contribution in [-0.2, 0) is 10.8 Å². The minimum absolute atomic E-state index is 0.397. The van der Waals surface area contributed by atoms with Crippen LogP contribution in [-0.4, -0.2) is 0 Å². The van der Waals surface area contributed by atoms with Crippen molar-refractivity contribution in [1.82, 2.24) is 0 Å². The van der Waals surface area contributed by atoms with E-state index in [9.17, 15) is 0 Å². The van der Waals surface area contributed by atoms with Crippen molar-refractivity contribution in [3.05, 3.63) is 70.8 Å². The number of rotatable bonds is 2. The molecule has 2 aromatic rings. The Morgan fingerprint density at radius 1 is 0.545 bits per heavy atom. The van der Waals surface area contributed by atoms with Gasteiger partial charge >= 0.3 is 0 Å². The predicted octanol–water partition coefficient (Wildman–Crippen LogP) is 5.85. The van der Waals surface area contributed by atoms with E-state index >= 15 is 0 Å². The quantitative estimate of drug-likeness (QED) is 0.651. The van der Waals surface area contributed by atoms with E-state index in [4.69, 9.17) is 0 Å². The summed E-state index contributed by atoms with van der Waals surface area (Å²) in [5, 5.41) is 0. The van der Waals surface area contributed by atoms with Crippen LogP contribution in [0.1, 0.15) is 60.8 Å². The molecule has 0 heterocycles. The van der Waals surface area contributed by atoms with Gasteiger partial charge in [-0.1, -0.05) is 72.5 Å². The molecule has 2 aliphatic carbocycles. The second-order valence-electron chi connectivity index (χ2n) is 7.60. The molecule has 0 bridgehead atoms. The molecule has 0 spiro atoms. The minimum atomic E-state index is 0.397. The highest BCUT2D eigenvalue weighted by atomic mass is 14.6. The zero-order valence-corrected chi connectivity index (χ0v) is 13.9. The molecule has 2 aliphatic rings. The Morgan fingerprint density at radius 2 is 0.909 bits per heavy atom. The van der Waals surface area contributed by atoms with E-state index in [0.717, 1.165) is 0 Å². The van der Waals surface area contributed by atoms with Crippen molar-refractivity contribution in [3.8, 4) is 0 Å².